The van der Waals surface area contributed by atoms with Gasteiger partial charge in [-0.3, -0.25) is 4.98 Å². The topological polar surface area (TPSA) is 57.1 Å². The lowest BCUT2D eigenvalue weighted by Gasteiger charge is -2.36. The van der Waals surface area contributed by atoms with Crippen molar-refractivity contribution in [3.8, 4) is 44.6 Å². The Hall–Kier alpha value is -6.18. The molecule has 9 aromatic rings. The molecule has 0 radical (unpaired) electrons. The highest BCUT2D eigenvalue weighted by Crippen LogP contribution is 2.41. The molecule has 10 rings (SSSR count). The molecule has 0 bridgehead atoms. The number of nitrogens with zero attached hydrogens (tertiary/aromatic N) is 3. The zero-order valence-electron chi connectivity index (χ0n) is 32.5. The number of fused-ring (bicyclic) bond motifs is 4. The van der Waals surface area contributed by atoms with E-state index < -0.39 is 18.3 Å². The van der Waals surface area contributed by atoms with E-state index in [0.717, 1.165) is 71.7 Å². The Morgan fingerprint density at radius 2 is 1.26 bits per heavy atom. The largest absolute Gasteiger partial charge is 0.494 e. The van der Waals surface area contributed by atoms with E-state index in [2.05, 4.69) is 148 Å². The molecule has 280 valence electrons. The number of pyridine rings is 1. The molecule has 1 unspecified atom stereocenters. The molecule has 7 aromatic carbocycles. The van der Waals surface area contributed by atoms with E-state index in [0.29, 0.717) is 17.3 Å². The van der Waals surface area contributed by atoms with Gasteiger partial charge < -0.3 is 9.31 Å². The van der Waals surface area contributed by atoms with Crippen molar-refractivity contribution >= 4 is 56.9 Å². The molecule has 7 heteroatoms. The molecule has 0 spiro atoms. The monoisotopic (exact) mass is 771 g/mol. The summed E-state index contributed by atoms with van der Waals surface area (Å²) in [4.78, 5) is 14.7. The average Bonchev–Trinajstić information content (AvgIpc) is 3.51. The van der Waals surface area contributed by atoms with Crippen molar-refractivity contribution in [3.05, 3.63) is 181 Å². The minimum atomic E-state index is -0.685. The van der Waals surface area contributed by atoms with E-state index in [9.17, 15) is 0 Å². The molecule has 0 N–H and O–H groups in total. The van der Waals surface area contributed by atoms with Crippen molar-refractivity contribution in [2.75, 3.05) is 0 Å². The average molecular weight is 772 g/mol. The summed E-state index contributed by atoms with van der Waals surface area (Å²) in [6, 6.07) is 56.9. The summed E-state index contributed by atoms with van der Waals surface area (Å²) in [6.07, 6.45) is 2.42. The molecule has 5 nitrogen and oxygen atoms in total. The normalized spacial score (nSPS) is 16.4. The van der Waals surface area contributed by atoms with Crippen LogP contribution in [0.25, 0.3) is 77.3 Å². The first-order valence-corrected chi connectivity index (χ1v) is 20.0. The molecule has 3 heterocycles. The summed E-state index contributed by atoms with van der Waals surface area (Å²) in [6.45, 7) is 6.33. The van der Waals surface area contributed by atoms with Crippen LogP contribution in [-0.4, -0.2) is 33.3 Å². The van der Waals surface area contributed by atoms with Crippen LogP contribution >= 0.6 is 11.6 Å². The maximum absolute atomic E-state index is 6.93. The molecule has 58 heavy (non-hydrogen) atoms. The van der Waals surface area contributed by atoms with Gasteiger partial charge >= 0.3 is 7.12 Å². The van der Waals surface area contributed by atoms with E-state index in [1.54, 1.807) is 0 Å². The van der Waals surface area contributed by atoms with E-state index in [1.807, 2.05) is 42.6 Å². The fraction of sp³-hybridized carbons (Fsp3) is 0.118. The Morgan fingerprint density at radius 1 is 0.552 bits per heavy atom. The van der Waals surface area contributed by atoms with E-state index in [4.69, 9.17) is 35.9 Å². The summed E-state index contributed by atoms with van der Waals surface area (Å²) < 4.78 is 13.7. The van der Waals surface area contributed by atoms with Gasteiger partial charge in [0.05, 0.1) is 27.8 Å². The Kier molecular flexibility index (Phi) is 8.94. The summed E-state index contributed by atoms with van der Waals surface area (Å²) in [5.74, 6) is 0. The third-order valence-corrected chi connectivity index (χ3v) is 12.1. The van der Waals surface area contributed by atoms with Gasteiger partial charge in [0.15, 0.2) is 5.15 Å². The third-order valence-electron chi connectivity index (χ3n) is 11.9. The van der Waals surface area contributed by atoms with Crippen LogP contribution in [0.15, 0.2) is 170 Å². The fourth-order valence-electron chi connectivity index (χ4n) is 8.33. The molecular weight excluding hydrogens is 733 g/mol. The first-order valence-electron chi connectivity index (χ1n) is 19.7. The number of aromatic nitrogens is 3. The van der Waals surface area contributed by atoms with Gasteiger partial charge in [-0.15, -0.1) is 0 Å². The van der Waals surface area contributed by atoms with Gasteiger partial charge in [-0.1, -0.05) is 157 Å². The number of hydrogen-bond acceptors (Lipinski definition) is 5. The SMILES string of the molecule is CC1(C)OB(c2cccc(-c3cccc(-c4cccc5c4ccc4cccnc45)c3)c2)OC1(C)Cc1cccc2nc(-c3ccc(-c4ccccc4)cc3)c(Cl)nc12. The molecule has 0 aliphatic carbocycles. The highest BCUT2D eigenvalue weighted by molar-refractivity contribution is 6.62. The second-order valence-corrected chi connectivity index (χ2v) is 16.2. The lowest BCUT2D eigenvalue weighted by Crippen LogP contribution is -2.46. The number of hydrogen-bond donors (Lipinski definition) is 0. The van der Waals surface area contributed by atoms with Crippen LogP contribution in [0.4, 0.5) is 0 Å². The fourth-order valence-corrected chi connectivity index (χ4v) is 8.56. The van der Waals surface area contributed by atoms with Crippen LogP contribution in [0.1, 0.15) is 26.3 Å². The zero-order valence-corrected chi connectivity index (χ0v) is 33.2. The molecule has 1 atom stereocenters. The summed E-state index contributed by atoms with van der Waals surface area (Å²) in [7, 11) is -0.558. The predicted molar refractivity (Wildman–Crippen MR) is 239 cm³/mol. The van der Waals surface area contributed by atoms with Gasteiger partial charge in [0.2, 0.25) is 0 Å². The number of para-hydroxylation sites is 1. The van der Waals surface area contributed by atoms with Crippen LogP contribution in [0.3, 0.4) is 0 Å². The first kappa shape index (κ1) is 36.2. The van der Waals surface area contributed by atoms with Gasteiger partial charge in [0, 0.05) is 29.0 Å². The highest BCUT2D eigenvalue weighted by atomic mass is 35.5. The van der Waals surface area contributed by atoms with Crippen LogP contribution < -0.4 is 5.46 Å². The van der Waals surface area contributed by atoms with E-state index in [1.165, 1.54) is 10.9 Å². The molecule has 1 aliphatic heterocycles. The Bertz CT molecular complexity index is 3010. The third kappa shape index (κ3) is 6.44. The number of halogens is 1. The smallest absolute Gasteiger partial charge is 0.399 e. The molecular formula is C51H39BClN3O2. The van der Waals surface area contributed by atoms with Crippen molar-refractivity contribution in [1.82, 2.24) is 15.0 Å². The minimum Gasteiger partial charge on any atom is -0.399 e. The summed E-state index contributed by atoms with van der Waals surface area (Å²) in [5, 5.41) is 3.84. The van der Waals surface area contributed by atoms with Crippen LogP contribution in [-0.2, 0) is 15.7 Å². The molecule has 1 fully saturated rings. The maximum Gasteiger partial charge on any atom is 0.494 e. The second-order valence-electron chi connectivity index (χ2n) is 15.8. The maximum atomic E-state index is 6.93. The molecule has 0 saturated carbocycles. The van der Waals surface area contributed by atoms with Crippen LogP contribution in [0, 0.1) is 0 Å². The Labute approximate surface area is 343 Å². The van der Waals surface area contributed by atoms with Crippen LogP contribution in [0.2, 0.25) is 5.15 Å². The van der Waals surface area contributed by atoms with Crippen molar-refractivity contribution in [3.63, 3.8) is 0 Å². The minimum absolute atomic E-state index is 0.366. The van der Waals surface area contributed by atoms with Crippen molar-refractivity contribution < 1.29 is 9.31 Å². The standard InChI is InChI=1S/C51H39BClN3O2/c1-50(2)51(3,32-40-17-9-22-45-47(40)56-49(53)48(55-45)36-25-23-34(24-26-36)33-12-5-4-6-13-33)58-52(57-50)41-19-8-15-38(31-41)37-14-7-16-39(30-37)42-20-10-21-44-43(42)28-27-35-18-11-29-54-46(35)44/h4-31H,32H2,1-3H3. The van der Waals surface area contributed by atoms with Gasteiger partial charge in [-0.2, -0.15) is 0 Å². The number of rotatable bonds is 7. The molecule has 1 saturated heterocycles. The highest BCUT2D eigenvalue weighted by Gasteiger charge is 2.54. The second kappa shape index (κ2) is 14.3. The van der Waals surface area contributed by atoms with Crippen LogP contribution in [0.5, 0.6) is 0 Å². The first-order chi connectivity index (χ1) is 28.2. The van der Waals surface area contributed by atoms with E-state index >= 15 is 0 Å². The molecule has 2 aromatic heterocycles. The van der Waals surface area contributed by atoms with Gasteiger partial charge in [-0.25, -0.2) is 9.97 Å². The van der Waals surface area contributed by atoms with E-state index in [-0.39, 0.29) is 0 Å². The Morgan fingerprint density at radius 3 is 2.10 bits per heavy atom. The molecule has 1 aliphatic rings. The van der Waals surface area contributed by atoms with Gasteiger partial charge in [0.1, 0.15) is 5.69 Å². The lowest BCUT2D eigenvalue weighted by atomic mass is 9.77. The number of benzene rings is 7. The van der Waals surface area contributed by atoms with Crippen molar-refractivity contribution in [2.45, 2.75) is 38.4 Å². The summed E-state index contributed by atoms with van der Waals surface area (Å²) in [5.41, 5.74) is 11.6. The lowest BCUT2D eigenvalue weighted by molar-refractivity contribution is -0.00856. The van der Waals surface area contributed by atoms with Crippen molar-refractivity contribution in [1.29, 1.82) is 0 Å². The van der Waals surface area contributed by atoms with Crippen molar-refractivity contribution in [2.24, 2.45) is 0 Å². The molecule has 0 amide bonds. The van der Waals surface area contributed by atoms with Gasteiger partial charge in [-0.05, 0) is 88.8 Å². The quantitative estimate of drug-likeness (QED) is 0.119. The summed E-state index contributed by atoms with van der Waals surface area (Å²) >= 11 is 6.90. The predicted octanol–water partition coefficient (Wildman–Crippen LogP) is 12.2. The van der Waals surface area contributed by atoms with Gasteiger partial charge in [0.25, 0.3) is 0 Å². The Balaban J connectivity index is 0.919. The zero-order chi connectivity index (χ0) is 39.4.